The predicted molar refractivity (Wildman–Crippen MR) is 103 cm³/mol. The Bertz CT molecular complexity index is 922. The van der Waals surface area contributed by atoms with Crippen LogP contribution in [-0.4, -0.2) is 26.9 Å². The molecule has 0 unspecified atom stereocenters. The maximum Gasteiger partial charge on any atom is 0.264 e. The largest absolute Gasteiger partial charge is 0.352 e. The molecule has 1 amide bonds. The van der Waals surface area contributed by atoms with Crippen molar-refractivity contribution in [1.82, 2.24) is 5.32 Å². The van der Waals surface area contributed by atoms with E-state index in [9.17, 15) is 13.2 Å². The smallest absolute Gasteiger partial charge is 0.264 e. The first-order valence-corrected chi connectivity index (χ1v) is 10.2. The summed E-state index contributed by atoms with van der Waals surface area (Å²) in [6.45, 7) is 3.40. The average Bonchev–Trinajstić information content (AvgIpc) is 3.37. The Labute approximate surface area is 159 Å². The number of halogens is 1. The lowest BCUT2D eigenvalue weighted by atomic mass is 10.2. The van der Waals surface area contributed by atoms with Gasteiger partial charge in [0.1, 0.15) is 6.54 Å². The molecule has 0 atom stereocenters. The molecule has 0 radical (unpaired) electrons. The van der Waals surface area contributed by atoms with Crippen molar-refractivity contribution in [2.24, 2.45) is 0 Å². The highest BCUT2D eigenvalue weighted by Crippen LogP contribution is 2.29. The summed E-state index contributed by atoms with van der Waals surface area (Å²) in [6.07, 6.45) is 1.88. The standard InChI is InChI=1S/C19H21ClN2O3S/c1-13-3-8-17(9-4-13)26(24,25)22(12-19(23)21-16-6-7-16)18-10-5-15(20)11-14(18)2/h3-5,8-11,16H,6-7,12H2,1-2H3,(H,21,23). The molecular formula is C19H21ClN2O3S. The van der Waals surface area contributed by atoms with Gasteiger partial charge in [-0.3, -0.25) is 9.10 Å². The van der Waals surface area contributed by atoms with Crippen LogP contribution < -0.4 is 9.62 Å². The molecule has 0 saturated heterocycles. The van der Waals surface area contributed by atoms with Gasteiger partial charge in [-0.05, 0) is 62.6 Å². The third-order valence-electron chi connectivity index (χ3n) is 4.27. The molecule has 5 nitrogen and oxygen atoms in total. The van der Waals surface area contributed by atoms with Gasteiger partial charge in [0.05, 0.1) is 10.6 Å². The van der Waals surface area contributed by atoms with E-state index >= 15 is 0 Å². The number of carbonyl (C=O) groups excluding carboxylic acids is 1. The van der Waals surface area contributed by atoms with Crippen LogP contribution in [-0.2, 0) is 14.8 Å². The molecule has 0 spiro atoms. The number of sulfonamides is 1. The molecule has 26 heavy (non-hydrogen) atoms. The highest BCUT2D eigenvalue weighted by molar-refractivity contribution is 7.92. The molecule has 1 aliphatic rings. The quantitative estimate of drug-likeness (QED) is 0.818. The lowest BCUT2D eigenvalue weighted by Gasteiger charge is -2.25. The highest BCUT2D eigenvalue weighted by Gasteiger charge is 2.30. The maximum atomic E-state index is 13.2. The Morgan fingerprint density at radius 2 is 1.81 bits per heavy atom. The van der Waals surface area contributed by atoms with Gasteiger partial charge in [0, 0.05) is 11.1 Å². The van der Waals surface area contributed by atoms with Gasteiger partial charge < -0.3 is 5.32 Å². The van der Waals surface area contributed by atoms with Crippen LogP contribution >= 0.6 is 11.6 Å². The summed E-state index contributed by atoms with van der Waals surface area (Å²) in [7, 11) is -3.89. The van der Waals surface area contributed by atoms with Crippen molar-refractivity contribution >= 4 is 33.2 Å². The van der Waals surface area contributed by atoms with E-state index in [0.29, 0.717) is 16.3 Å². The van der Waals surface area contributed by atoms with Crippen molar-refractivity contribution in [3.05, 3.63) is 58.6 Å². The van der Waals surface area contributed by atoms with E-state index < -0.39 is 10.0 Å². The van der Waals surface area contributed by atoms with E-state index in [2.05, 4.69) is 5.32 Å². The number of hydrogen-bond acceptors (Lipinski definition) is 3. The third kappa shape index (κ3) is 4.19. The van der Waals surface area contributed by atoms with E-state index in [0.717, 1.165) is 22.7 Å². The first kappa shape index (κ1) is 18.7. The van der Waals surface area contributed by atoms with Gasteiger partial charge in [-0.15, -0.1) is 0 Å². The topological polar surface area (TPSA) is 66.5 Å². The lowest BCUT2D eigenvalue weighted by molar-refractivity contribution is -0.119. The third-order valence-corrected chi connectivity index (χ3v) is 6.28. The predicted octanol–water partition coefficient (Wildman–Crippen LogP) is 3.43. The molecule has 0 aromatic heterocycles. The Kier molecular flexibility index (Phi) is 5.25. The van der Waals surface area contributed by atoms with Gasteiger partial charge in [-0.1, -0.05) is 29.3 Å². The average molecular weight is 393 g/mol. The molecule has 1 aliphatic carbocycles. The second kappa shape index (κ2) is 7.29. The zero-order valence-electron chi connectivity index (χ0n) is 14.7. The molecule has 138 valence electrons. The first-order chi connectivity index (χ1) is 12.3. The van der Waals surface area contributed by atoms with Gasteiger partial charge in [-0.25, -0.2) is 8.42 Å². The van der Waals surface area contributed by atoms with Crippen LogP contribution in [0, 0.1) is 13.8 Å². The van der Waals surface area contributed by atoms with Gasteiger partial charge in [-0.2, -0.15) is 0 Å². The van der Waals surface area contributed by atoms with E-state index in [4.69, 9.17) is 11.6 Å². The molecule has 3 rings (SSSR count). The molecule has 2 aromatic rings. The zero-order valence-corrected chi connectivity index (χ0v) is 16.3. The van der Waals surface area contributed by atoms with E-state index in [-0.39, 0.29) is 23.4 Å². The van der Waals surface area contributed by atoms with Crippen LogP contribution in [0.5, 0.6) is 0 Å². The molecule has 2 aromatic carbocycles. The molecule has 0 heterocycles. The summed E-state index contributed by atoms with van der Waals surface area (Å²) >= 11 is 6.01. The summed E-state index contributed by atoms with van der Waals surface area (Å²) in [5.41, 5.74) is 2.10. The molecule has 1 saturated carbocycles. The Morgan fingerprint density at radius 1 is 1.15 bits per heavy atom. The second-order valence-electron chi connectivity index (χ2n) is 6.60. The number of hydrogen-bond donors (Lipinski definition) is 1. The van der Waals surface area contributed by atoms with Crippen LogP contribution in [0.25, 0.3) is 0 Å². The molecule has 0 bridgehead atoms. The summed E-state index contributed by atoms with van der Waals surface area (Å²) in [5, 5.41) is 3.36. The van der Waals surface area contributed by atoms with Gasteiger partial charge in [0.15, 0.2) is 0 Å². The van der Waals surface area contributed by atoms with Gasteiger partial charge in [0.25, 0.3) is 10.0 Å². The highest BCUT2D eigenvalue weighted by atomic mass is 35.5. The van der Waals surface area contributed by atoms with Crippen LogP contribution in [0.15, 0.2) is 47.4 Å². The van der Waals surface area contributed by atoms with E-state index in [1.165, 1.54) is 0 Å². The number of carbonyl (C=O) groups is 1. The van der Waals surface area contributed by atoms with Gasteiger partial charge >= 0.3 is 0 Å². The fourth-order valence-electron chi connectivity index (χ4n) is 2.67. The van der Waals surface area contributed by atoms with Crippen molar-refractivity contribution in [3.8, 4) is 0 Å². The molecular weight excluding hydrogens is 372 g/mol. The van der Waals surface area contributed by atoms with Crippen molar-refractivity contribution < 1.29 is 13.2 Å². The molecule has 0 aliphatic heterocycles. The number of benzene rings is 2. The Morgan fingerprint density at radius 3 is 2.38 bits per heavy atom. The Hall–Kier alpha value is -2.05. The number of nitrogens with zero attached hydrogens (tertiary/aromatic N) is 1. The van der Waals surface area contributed by atoms with Gasteiger partial charge in [0.2, 0.25) is 5.91 Å². The van der Waals surface area contributed by atoms with Crippen molar-refractivity contribution in [2.75, 3.05) is 10.8 Å². The van der Waals surface area contributed by atoms with Crippen molar-refractivity contribution in [2.45, 2.75) is 37.6 Å². The second-order valence-corrected chi connectivity index (χ2v) is 8.90. The number of anilines is 1. The minimum atomic E-state index is -3.89. The van der Waals surface area contributed by atoms with Crippen molar-refractivity contribution in [1.29, 1.82) is 0 Å². The summed E-state index contributed by atoms with van der Waals surface area (Å²) in [4.78, 5) is 12.5. The number of rotatable bonds is 6. The van der Waals surface area contributed by atoms with E-state index in [1.807, 2.05) is 6.92 Å². The Balaban J connectivity index is 2.00. The summed E-state index contributed by atoms with van der Waals surface area (Å²) in [6, 6.07) is 11.7. The lowest BCUT2D eigenvalue weighted by Crippen LogP contribution is -2.41. The van der Waals surface area contributed by atoms with Crippen molar-refractivity contribution in [3.63, 3.8) is 0 Å². The first-order valence-electron chi connectivity index (χ1n) is 8.42. The SMILES string of the molecule is Cc1ccc(S(=O)(=O)N(CC(=O)NC2CC2)c2ccc(Cl)cc2C)cc1. The van der Waals surface area contributed by atoms with Crippen LogP contribution in [0.3, 0.4) is 0 Å². The minimum Gasteiger partial charge on any atom is -0.352 e. The fourth-order valence-corrected chi connectivity index (χ4v) is 4.38. The monoisotopic (exact) mass is 392 g/mol. The zero-order chi connectivity index (χ0) is 18.9. The molecule has 1 fully saturated rings. The number of amides is 1. The van der Waals surface area contributed by atoms with Crippen LogP contribution in [0.1, 0.15) is 24.0 Å². The summed E-state index contributed by atoms with van der Waals surface area (Å²) in [5.74, 6) is -0.308. The normalized spacial score (nSPS) is 14.1. The molecule has 1 N–H and O–H groups in total. The summed E-state index contributed by atoms with van der Waals surface area (Å²) < 4.78 is 27.6. The fraction of sp³-hybridized carbons (Fsp3) is 0.316. The van der Waals surface area contributed by atoms with Crippen LogP contribution in [0.4, 0.5) is 5.69 Å². The maximum absolute atomic E-state index is 13.2. The van der Waals surface area contributed by atoms with E-state index in [1.54, 1.807) is 49.4 Å². The number of nitrogens with one attached hydrogen (secondary N) is 1. The number of aryl methyl sites for hydroxylation is 2. The molecule has 7 heteroatoms. The minimum absolute atomic E-state index is 0.150. The van der Waals surface area contributed by atoms with Crippen LogP contribution in [0.2, 0.25) is 5.02 Å².